The maximum Gasteiger partial charge on any atom is 0.196 e. The molecule has 0 aliphatic rings. The lowest BCUT2D eigenvalue weighted by atomic mass is 10.1. The largest absolute Gasteiger partial charge is 0.497 e. The summed E-state index contributed by atoms with van der Waals surface area (Å²) >= 11 is 3.43. The highest BCUT2D eigenvalue weighted by molar-refractivity contribution is 7.98. The molecular formula is C25H24N4OS2. The molecule has 0 saturated heterocycles. The summed E-state index contributed by atoms with van der Waals surface area (Å²) in [5.74, 6) is 2.50. The van der Waals surface area contributed by atoms with Gasteiger partial charge in [0.1, 0.15) is 5.75 Å². The summed E-state index contributed by atoms with van der Waals surface area (Å²) in [5.41, 5.74) is 6.98. The predicted octanol–water partition coefficient (Wildman–Crippen LogP) is 6.41. The first-order valence-electron chi connectivity index (χ1n) is 10.4. The van der Waals surface area contributed by atoms with E-state index in [4.69, 9.17) is 4.74 Å². The van der Waals surface area contributed by atoms with Crippen LogP contribution in [0.1, 0.15) is 16.7 Å². The Morgan fingerprint density at radius 3 is 2.72 bits per heavy atom. The Morgan fingerprint density at radius 1 is 1.03 bits per heavy atom. The summed E-state index contributed by atoms with van der Waals surface area (Å²) in [7, 11) is 3.79. The molecule has 3 heterocycles. The van der Waals surface area contributed by atoms with Crippen molar-refractivity contribution in [2.75, 3.05) is 7.11 Å². The fourth-order valence-corrected chi connectivity index (χ4v) is 5.62. The molecule has 2 aromatic carbocycles. The van der Waals surface area contributed by atoms with E-state index < -0.39 is 0 Å². The Labute approximate surface area is 195 Å². The zero-order valence-electron chi connectivity index (χ0n) is 18.5. The van der Waals surface area contributed by atoms with Gasteiger partial charge in [0.25, 0.3) is 0 Å². The Morgan fingerprint density at radius 2 is 1.91 bits per heavy atom. The molecule has 5 nitrogen and oxygen atoms in total. The van der Waals surface area contributed by atoms with Crippen molar-refractivity contribution >= 4 is 33.3 Å². The molecule has 0 aliphatic carbocycles. The van der Waals surface area contributed by atoms with Gasteiger partial charge in [-0.15, -0.1) is 21.5 Å². The lowest BCUT2D eigenvalue weighted by molar-refractivity contribution is 0.414. The molecule has 7 heteroatoms. The minimum atomic E-state index is 0.780. The second-order valence-corrected chi connectivity index (χ2v) is 9.72. The van der Waals surface area contributed by atoms with Crippen molar-refractivity contribution in [1.29, 1.82) is 0 Å². The quantitative estimate of drug-likeness (QED) is 0.275. The molecule has 32 heavy (non-hydrogen) atoms. The van der Waals surface area contributed by atoms with Gasteiger partial charge in [-0.3, -0.25) is 4.57 Å². The molecule has 0 amide bonds. The van der Waals surface area contributed by atoms with E-state index in [0.717, 1.165) is 33.9 Å². The number of hydrogen-bond donors (Lipinski definition) is 0. The first-order valence-corrected chi connectivity index (χ1v) is 12.2. The number of thiophene rings is 1. The van der Waals surface area contributed by atoms with Gasteiger partial charge in [0.2, 0.25) is 0 Å². The number of aromatic nitrogens is 4. The van der Waals surface area contributed by atoms with Crippen molar-refractivity contribution < 1.29 is 4.74 Å². The van der Waals surface area contributed by atoms with Crippen LogP contribution in [0.25, 0.3) is 27.4 Å². The SMILES string of the molecule is COc1cccc(CSc2nnc(-c3cc4sccc4n3C)n2-c2cc(C)ccc2C)c1. The fourth-order valence-electron chi connectivity index (χ4n) is 3.88. The molecule has 5 aromatic rings. The number of benzene rings is 2. The average Bonchev–Trinajstić information content (AvgIpc) is 3.50. The summed E-state index contributed by atoms with van der Waals surface area (Å²) in [5, 5.41) is 12.3. The molecule has 0 atom stereocenters. The molecule has 0 saturated carbocycles. The predicted molar refractivity (Wildman–Crippen MR) is 133 cm³/mol. The zero-order chi connectivity index (χ0) is 22.2. The average molecular weight is 461 g/mol. The van der Waals surface area contributed by atoms with Crippen molar-refractivity contribution in [2.24, 2.45) is 7.05 Å². The van der Waals surface area contributed by atoms with E-state index >= 15 is 0 Å². The maximum absolute atomic E-state index is 5.38. The first-order chi connectivity index (χ1) is 15.5. The molecule has 0 unspecified atom stereocenters. The van der Waals surface area contributed by atoms with Gasteiger partial charge >= 0.3 is 0 Å². The number of ether oxygens (including phenoxy) is 1. The van der Waals surface area contributed by atoms with Crippen molar-refractivity contribution in [3.05, 3.63) is 76.7 Å². The van der Waals surface area contributed by atoms with E-state index in [1.54, 1.807) is 30.2 Å². The van der Waals surface area contributed by atoms with E-state index in [1.165, 1.54) is 26.9 Å². The molecule has 0 spiro atoms. The first kappa shape index (κ1) is 20.8. The second kappa shape index (κ2) is 8.48. The van der Waals surface area contributed by atoms with Gasteiger partial charge in [0.05, 0.1) is 28.7 Å². The summed E-state index contributed by atoms with van der Waals surface area (Å²) in [4.78, 5) is 0. The van der Waals surface area contributed by atoms with Crippen LogP contribution in [0.3, 0.4) is 0 Å². The fraction of sp³-hybridized carbons (Fsp3) is 0.200. The highest BCUT2D eigenvalue weighted by atomic mass is 32.2. The molecule has 0 N–H and O–H groups in total. The molecule has 0 fully saturated rings. The van der Waals surface area contributed by atoms with Gasteiger partial charge in [-0.25, -0.2) is 0 Å². The van der Waals surface area contributed by atoms with Crippen LogP contribution in [-0.4, -0.2) is 26.4 Å². The number of hydrogen-bond acceptors (Lipinski definition) is 5. The molecule has 5 rings (SSSR count). The minimum Gasteiger partial charge on any atom is -0.497 e. The van der Waals surface area contributed by atoms with Gasteiger partial charge in [-0.05, 0) is 66.2 Å². The normalized spacial score (nSPS) is 11.4. The van der Waals surface area contributed by atoms with Crippen molar-refractivity contribution in [1.82, 2.24) is 19.3 Å². The van der Waals surface area contributed by atoms with Gasteiger partial charge in [0.15, 0.2) is 11.0 Å². The van der Waals surface area contributed by atoms with Gasteiger partial charge < -0.3 is 9.30 Å². The third kappa shape index (κ3) is 3.72. The third-order valence-electron chi connectivity index (χ3n) is 5.63. The van der Waals surface area contributed by atoms with Crippen molar-refractivity contribution in [2.45, 2.75) is 24.8 Å². The van der Waals surface area contributed by atoms with Crippen LogP contribution in [0.2, 0.25) is 0 Å². The van der Waals surface area contributed by atoms with Crippen molar-refractivity contribution in [3.8, 4) is 23.0 Å². The van der Waals surface area contributed by atoms with Crippen LogP contribution >= 0.6 is 23.1 Å². The van der Waals surface area contributed by atoms with Gasteiger partial charge in [-0.2, -0.15) is 0 Å². The Bertz CT molecular complexity index is 1410. The van der Waals surface area contributed by atoms with Crippen LogP contribution in [0.5, 0.6) is 5.75 Å². The Hall–Kier alpha value is -3.03. The number of thioether (sulfide) groups is 1. The second-order valence-electron chi connectivity index (χ2n) is 7.83. The topological polar surface area (TPSA) is 44.9 Å². The minimum absolute atomic E-state index is 0.780. The number of methoxy groups -OCH3 is 1. The maximum atomic E-state index is 5.38. The van der Waals surface area contributed by atoms with Crippen LogP contribution < -0.4 is 4.74 Å². The van der Waals surface area contributed by atoms with Gasteiger partial charge in [-0.1, -0.05) is 36.0 Å². The number of rotatable bonds is 6. The molecule has 0 aliphatic heterocycles. The number of fused-ring (bicyclic) bond motifs is 1. The Kier molecular flexibility index (Phi) is 5.53. The molecule has 0 radical (unpaired) electrons. The summed E-state index contributed by atoms with van der Waals surface area (Å²) in [6.07, 6.45) is 0. The van der Waals surface area contributed by atoms with E-state index in [-0.39, 0.29) is 0 Å². The van der Waals surface area contributed by atoms with Crippen LogP contribution in [0.15, 0.2) is 65.1 Å². The van der Waals surface area contributed by atoms with Crippen LogP contribution in [0.4, 0.5) is 0 Å². The highest BCUT2D eigenvalue weighted by Gasteiger charge is 2.21. The lowest BCUT2D eigenvalue weighted by Crippen LogP contribution is -2.04. The van der Waals surface area contributed by atoms with E-state index in [9.17, 15) is 0 Å². The van der Waals surface area contributed by atoms with Crippen LogP contribution in [0, 0.1) is 13.8 Å². The van der Waals surface area contributed by atoms with E-state index in [0.29, 0.717) is 0 Å². The number of aryl methyl sites for hydroxylation is 3. The monoisotopic (exact) mass is 460 g/mol. The van der Waals surface area contributed by atoms with Gasteiger partial charge in [0, 0.05) is 12.8 Å². The summed E-state index contributed by atoms with van der Waals surface area (Å²) in [6.45, 7) is 4.26. The Balaban J connectivity index is 1.61. The van der Waals surface area contributed by atoms with Crippen molar-refractivity contribution in [3.63, 3.8) is 0 Å². The van der Waals surface area contributed by atoms with E-state index in [2.05, 4.69) is 88.1 Å². The standard InChI is InChI=1S/C25H24N4OS2/c1-16-8-9-17(2)21(12-16)29-24(22-14-23-20(28(22)3)10-11-31-23)26-27-25(29)32-15-18-6-5-7-19(13-18)30-4/h5-14H,15H2,1-4H3. The highest BCUT2D eigenvalue weighted by Crippen LogP contribution is 2.35. The van der Waals surface area contributed by atoms with Crippen LogP contribution in [-0.2, 0) is 12.8 Å². The molecule has 0 bridgehead atoms. The molecule has 3 aromatic heterocycles. The zero-order valence-corrected chi connectivity index (χ0v) is 20.1. The molecule has 162 valence electrons. The molecular weight excluding hydrogens is 436 g/mol. The summed E-state index contributed by atoms with van der Waals surface area (Å²) in [6, 6.07) is 19.0. The third-order valence-corrected chi connectivity index (χ3v) is 7.49. The smallest absolute Gasteiger partial charge is 0.196 e. The number of nitrogens with zero attached hydrogens (tertiary/aromatic N) is 4. The lowest BCUT2D eigenvalue weighted by Gasteiger charge is -2.14. The van der Waals surface area contributed by atoms with E-state index in [1.807, 2.05) is 12.1 Å². The summed E-state index contributed by atoms with van der Waals surface area (Å²) < 4.78 is 11.0.